The van der Waals surface area contributed by atoms with E-state index in [0.29, 0.717) is 32.8 Å². The van der Waals surface area contributed by atoms with Crippen molar-refractivity contribution < 1.29 is 43.0 Å². The number of methoxy groups -OCH3 is 2. The van der Waals surface area contributed by atoms with Crippen molar-refractivity contribution in [2.45, 2.75) is 26.5 Å². The monoisotopic (exact) mass is 725 g/mol. The first kappa shape index (κ1) is 35.2. The van der Waals surface area contributed by atoms with Crippen LogP contribution in [0.25, 0.3) is 0 Å². The molecule has 252 valence electrons. The third-order valence-corrected chi connectivity index (χ3v) is 7.42. The van der Waals surface area contributed by atoms with Gasteiger partial charge in [-0.1, -0.05) is 6.07 Å². The van der Waals surface area contributed by atoms with Crippen LogP contribution in [0.3, 0.4) is 0 Å². The van der Waals surface area contributed by atoms with E-state index in [0.717, 1.165) is 5.56 Å². The number of nitro benzene ring substituents is 1. The van der Waals surface area contributed by atoms with Crippen molar-refractivity contribution in [3.05, 3.63) is 97.1 Å². The molecule has 0 spiro atoms. The molecule has 0 bridgehead atoms. The topological polar surface area (TPSA) is 189 Å². The molecule has 0 aromatic heterocycles. The van der Waals surface area contributed by atoms with E-state index in [2.05, 4.69) is 37.1 Å². The Hall–Kier alpha value is -5.64. The number of amides is 3. The summed E-state index contributed by atoms with van der Waals surface area (Å²) in [6.07, 6.45) is 1.41. The minimum absolute atomic E-state index is 0.0152. The molecule has 1 heterocycles. The lowest BCUT2D eigenvalue weighted by Gasteiger charge is -2.28. The van der Waals surface area contributed by atoms with Gasteiger partial charge in [-0.2, -0.15) is 5.10 Å². The smallest absolute Gasteiger partial charge is 0.338 e. The van der Waals surface area contributed by atoms with E-state index >= 15 is 0 Å². The second-order valence-electron chi connectivity index (χ2n) is 10.0. The molecule has 3 amide bonds. The molecule has 15 nitrogen and oxygen atoms in total. The molecule has 0 unspecified atom stereocenters. The van der Waals surface area contributed by atoms with Crippen LogP contribution in [0, 0.1) is 10.1 Å². The predicted octanol–water partition coefficient (Wildman–Crippen LogP) is 4.67. The number of hydrogen-bond acceptors (Lipinski definition) is 11. The Morgan fingerprint density at radius 1 is 1.04 bits per heavy atom. The van der Waals surface area contributed by atoms with Crippen LogP contribution in [0.2, 0.25) is 0 Å². The van der Waals surface area contributed by atoms with Crippen molar-refractivity contribution in [3.63, 3.8) is 0 Å². The lowest BCUT2D eigenvalue weighted by molar-refractivity contribution is -0.384. The largest absolute Gasteiger partial charge is 0.493 e. The molecule has 0 fully saturated rings. The summed E-state index contributed by atoms with van der Waals surface area (Å²) in [5.74, 6) is 0.194. The second-order valence-corrected chi connectivity index (χ2v) is 10.9. The van der Waals surface area contributed by atoms with Gasteiger partial charge in [0, 0.05) is 17.8 Å². The van der Waals surface area contributed by atoms with E-state index < -0.39 is 35.5 Å². The number of benzene rings is 3. The summed E-state index contributed by atoms with van der Waals surface area (Å²) in [4.78, 5) is 47.7. The molecule has 1 aliphatic rings. The molecule has 0 saturated carbocycles. The highest BCUT2D eigenvalue weighted by Gasteiger charge is 2.32. The number of urea groups is 1. The van der Waals surface area contributed by atoms with Gasteiger partial charge in [-0.3, -0.25) is 14.9 Å². The zero-order valence-corrected chi connectivity index (χ0v) is 27.9. The van der Waals surface area contributed by atoms with E-state index in [1.807, 2.05) is 0 Å². The van der Waals surface area contributed by atoms with Crippen LogP contribution >= 0.6 is 15.9 Å². The fourth-order valence-electron chi connectivity index (χ4n) is 4.58. The van der Waals surface area contributed by atoms with Gasteiger partial charge < -0.3 is 34.3 Å². The first-order chi connectivity index (χ1) is 23.0. The molecular formula is C32H32BrN5O10. The maximum atomic E-state index is 12.6. The zero-order chi connectivity index (χ0) is 34.8. The van der Waals surface area contributed by atoms with Crippen molar-refractivity contribution in [2.75, 3.05) is 27.4 Å². The van der Waals surface area contributed by atoms with Crippen LogP contribution in [-0.4, -0.2) is 56.5 Å². The fraction of sp³-hybridized carbons (Fsp3) is 0.250. The highest BCUT2D eigenvalue weighted by atomic mass is 79.9. The molecule has 16 heteroatoms. The van der Waals surface area contributed by atoms with Crippen LogP contribution in [0.1, 0.15) is 36.6 Å². The number of hydrogen-bond donors (Lipinski definition) is 3. The van der Waals surface area contributed by atoms with Crippen molar-refractivity contribution in [1.82, 2.24) is 16.1 Å². The normalized spacial score (nSPS) is 14.1. The highest BCUT2D eigenvalue weighted by molar-refractivity contribution is 9.10. The highest BCUT2D eigenvalue weighted by Crippen LogP contribution is 2.37. The second kappa shape index (κ2) is 16.3. The summed E-state index contributed by atoms with van der Waals surface area (Å²) < 4.78 is 28.2. The summed E-state index contributed by atoms with van der Waals surface area (Å²) in [6, 6.07) is 12.9. The van der Waals surface area contributed by atoms with E-state index in [1.54, 1.807) is 56.3 Å². The maximum absolute atomic E-state index is 12.6. The summed E-state index contributed by atoms with van der Waals surface area (Å²) in [6.45, 7) is 3.21. The number of carbonyl (C=O) groups is 3. The molecule has 1 atom stereocenters. The van der Waals surface area contributed by atoms with Gasteiger partial charge in [0.1, 0.15) is 6.61 Å². The van der Waals surface area contributed by atoms with Crippen molar-refractivity contribution in [1.29, 1.82) is 0 Å². The first-order valence-corrected chi connectivity index (χ1v) is 15.2. The number of halogens is 1. The van der Waals surface area contributed by atoms with Crippen molar-refractivity contribution in [2.24, 2.45) is 5.10 Å². The number of ether oxygens (including phenoxy) is 5. The van der Waals surface area contributed by atoms with Gasteiger partial charge >= 0.3 is 12.0 Å². The minimum atomic E-state index is -0.798. The molecule has 3 N–H and O–H groups in total. The van der Waals surface area contributed by atoms with Gasteiger partial charge in [0.25, 0.3) is 11.6 Å². The fourth-order valence-corrected chi connectivity index (χ4v) is 5.16. The number of hydrazone groups is 1. The number of carbonyl (C=O) groups excluding carboxylic acids is 3. The first-order valence-electron chi connectivity index (χ1n) is 14.4. The molecule has 0 aliphatic carbocycles. The third kappa shape index (κ3) is 8.79. The SMILES string of the molecule is CCOC(=O)C1=C(C)NC(=O)N[C@@H]1c1ccc(OCC(=O)N/N=C\c2cc(Br)c(OCc3ccc([N+](=O)[O-])cc3)c(OC)c2)c(OC)c1. The van der Waals surface area contributed by atoms with Gasteiger partial charge in [-0.25, -0.2) is 15.0 Å². The Morgan fingerprint density at radius 3 is 2.44 bits per heavy atom. The summed E-state index contributed by atoms with van der Waals surface area (Å²) in [5, 5.41) is 20.2. The molecule has 1 aliphatic heterocycles. The van der Waals surface area contributed by atoms with E-state index in [9.17, 15) is 24.5 Å². The Balaban J connectivity index is 1.36. The van der Waals surface area contributed by atoms with Crippen molar-refractivity contribution in [3.8, 4) is 23.0 Å². The van der Waals surface area contributed by atoms with Gasteiger partial charge in [0.05, 0.1) is 48.1 Å². The molecular weight excluding hydrogens is 694 g/mol. The van der Waals surface area contributed by atoms with Gasteiger partial charge in [-0.15, -0.1) is 0 Å². The van der Waals surface area contributed by atoms with Gasteiger partial charge in [-0.05, 0) is 82.9 Å². The molecule has 3 aromatic carbocycles. The summed E-state index contributed by atoms with van der Waals surface area (Å²) in [7, 11) is 2.89. The number of nitrogens with zero attached hydrogens (tertiary/aromatic N) is 2. The number of esters is 1. The summed E-state index contributed by atoms with van der Waals surface area (Å²) >= 11 is 3.46. The molecule has 0 saturated heterocycles. The molecule has 4 rings (SSSR count). The van der Waals surface area contributed by atoms with Gasteiger partial charge in [0.2, 0.25) is 0 Å². The number of allylic oxidation sites excluding steroid dienone is 1. The molecule has 0 radical (unpaired) electrons. The van der Waals surface area contributed by atoms with E-state index in [4.69, 9.17) is 23.7 Å². The van der Waals surface area contributed by atoms with Crippen LogP contribution in [0.15, 0.2) is 75.4 Å². The van der Waals surface area contributed by atoms with Crippen molar-refractivity contribution >= 4 is 45.7 Å². The number of nitrogens with one attached hydrogen (secondary N) is 3. The molecule has 48 heavy (non-hydrogen) atoms. The maximum Gasteiger partial charge on any atom is 0.338 e. The third-order valence-electron chi connectivity index (χ3n) is 6.83. The zero-order valence-electron chi connectivity index (χ0n) is 26.3. The number of non-ortho nitro benzene ring substituents is 1. The lowest BCUT2D eigenvalue weighted by atomic mass is 9.95. The average Bonchev–Trinajstić information content (AvgIpc) is 3.06. The van der Waals surface area contributed by atoms with E-state index in [1.165, 1.54) is 32.6 Å². The van der Waals surface area contributed by atoms with Crippen LogP contribution in [0.4, 0.5) is 10.5 Å². The van der Waals surface area contributed by atoms with E-state index in [-0.39, 0.29) is 36.0 Å². The Labute approximate surface area is 283 Å². The van der Waals surface area contributed by atoms with Gasteiger partial charge in [0.15, 0.2) is 29.6 Å². The van der Waals surface area contributed by atoms with Crippen LogP contribution in [-0.2, 0) is 20.9 Å². The number of nitro groups is 1. The Bertz CT molecular complexity index is 1760. The average molecular weight is 727 g/mol. The number of rotatable bonds is 14. The Morgan fingerprint density at radius 2 is 1.77 bits per heavy atom. The van der Waals surface area contributed by atoms with Crippen LogP contribution in [0.5, 0.6) is 23.0 Å². The van der Waals surface area contributed by atoms with Crippen LogP contribution < -0.4 is 35.0 Å². The standard InChI is InChI=1S/C32H32BrN5O10/c1-5-46-31(40)28-18(2)35-32(41)36-29(28)21-8-11-24(25(14-21)44-3)47-17-27(39)37-34-15-20-12-23(33)30(26(13-20)45-4)48-16-19-6-9-22(10-7-19)38(42)43/h6-15,29H,5,16-17H2,1-4H3,(H,37,39)(H2,35,36,41)/b34-15-/t29-/m1/s1. The summed E-state index contributed by atoms with van der Waals surface area (Å²) in [5.41, 5.74) is 4.84. The quantitative estimate of drug-likeness (QED) is 0.0911. The Kier molecular flexibility index (Phi) is 11.9. The lowest BCUT2D eigenvalue weighted by Crippen LogP contribution is -2.45. The predicted molar refractivity (Wildman–Crippen MR) is 176 cm³/mol. The molecule has 3 aromatic rings. The minimum Gasteiger partial charge on any atom is -0.493 e.